The summed E-state index contributed by atoms with van der Waals surface area (Å²) in [6.07, 6.45) is 1.46. The summed E-state index contributed by atoms with van der Waals surface area (Å²) >= 11 is 1.44. The van der Waals surface area contributed by atoms with Crippen molar-refractivity contribution in [2.75, 3.05) is 12.4 Å². The van der Waals surface area contributed by atoms with Crippen LogP contribution in [0.15, 0.2) is 58.5 Å². The molecule has 0 fully saturated rings. The lowest BCUT2D eigenvalue weighted by Gasteiger charge is -2.05. The van der Waals surface area contributed by atoms with Gasteiger partial charge in [0.2, 0.25) is 5.13 Å². The van der Waals surface area contributed by atoms with E-state index in [1.165, 1.54) is 17.6 Å². The third kappa shape index (κ3) is 3.47. The van der Waals surface area contributed by atoms with Crippen molar-refractivity contribution in [1.82, 2.24) is 14.8 Å². The van der Waals surface area contributed by atoms with Gasteiger partial charge in [-0.3, -0.25) is 4.79 Å². The standard InChI is InChI=1S/C19H16N4O3S/c1-12-10-17(21-18(24)16-4-3-9-26-16)23(22-12)19-20-15(11-27-19)13-5-7-14(25-2)8-6-13/h3-11H,1-2H3,(H,21,24). The first-order chi connectivity index (χ1) is 13.1. The van der Waals surface area contributed by atoms with Gasteiger partial charge in [-0.2, -0.15) is 9.78 Å². The third-order valence-electron chi connectivity index (χ3n) is 3.88. The van der Waals surface area contributed by atoms with E-state index in [-0.39, 0.29) is 11.7 Å². The summed E-state index contributed by atoms with van der Waals surface area (Å²) in [4.78, 5) is 16.9. The molecule has 27 heavy (non-hydrogen) atoms. The number of benzene rings is 1. The Morgan fingerprint density at radius 1 is 1.26 bits per heavy atom. The molecule has 0 spiro atoms. The van der Waals surface area contributed by atoms with Crippen LogP contribution in [0.4, 0.5) is 5.82 Å². The fraction of sp³-hybridized carbons (Fsp3) is 0.105. The molecule has 4 rings (SSSR count). The molecular formula is C19H16N4O3S. The van der Waals surface area contributed by atoms with Gasteiger partial charge in [0.25, 0.3) is 5.91 Å². The van der Waals surface area contributed by atoms with Gasteiger partial charge in [0.15, 0.2) is 5.76 Å². The maximum Gasteiger partial charge on any atom is 0.292 e. The monoisotopic (exact) mass is 380 g/mol. The summed E-state index contributed by atoms with van der Waals surface area (Å²) < 4.78 is 11.9. The van der Waals surface area contributed by atoms with E-state index in [0.717, 1.165) is 22.7 Å². The highest BCUT2D eigenvalue weighted by Crippen LogP contribution is 2.27. The number of rotatable bonds is 5. The van der Waals surface area contributed by atoms with E-state index in [1.807, 2.05) is 36.6 Å². The van der Waals surface area contributed by atoms with E-state index in [1.54, 1.807) is 30.0 Å². The molecule has 0 bridgehead atoms. The minimum Gasteiger partial charge on any atom is -0.497 e. The number of carbonyl (C=O) groups excluding carboxylic acids is 1. The lowest BCUT2D eigenvalue weighted by atomic mass is 10.2. The van der Waals surface area contributed by atoms with Crippen molar-refractivity contribution in [3.8, 4) is 22.1 Å². The molecule has 0 aliphatic heterocycles. The molecule has 0 aliphatic carbocycles. The van der Waals surface area contributed by atoms with Crippen LogP contribution < -0.4 is 10.1 Å². The van der Waals surface area contributed by atoms with Gasteiger partial charge in [-0.15, -0.1) is 11.3 Å². The predicted molar refractivity (Wildman–Crippen MR) is 103 cm³/mol. The van der Waals surface area contributed by atoms with E-state index in [4.69, 9.17) is 9.15 Å². The van der Waals surface area contributed by atoms with Crippen LogP contribution >= 0.6 is 11.3 Å². The van der Waals surface area contributed by atoms with E-state index in [0.29, 0.717) is 10.9 Å². The zero-order valence-electron chi connectivity index (χ0n) is 14.7. The smallest absolute Gasteiger partial charge is 0.292 e. The number of anilines is 1. The Bertz CT molecular complexity index is 1070. The molecule has 3 heterocycles. The number of amides is 1. The second kappa shape index (κ2) is 7.08. The summed E-state index contributed by atoms with van der Waals surface area (Å²) in [7, 11) is 1.63. The Kier molecular flexibility index (Phi) is 4.47. The minimum absolute atomic E-state index is 0.235. The molecule has 0 saturated carbocycles. The minimum atomic E-state index is -0.340. The van der Waals surface area contributed by atoms with E-state index in [9.17, 15) is 4.79 Å². The van der Waals surface area contributed by atoms with Crippen molar-refractivity contribution in [2.45, 2.75) is 6.92 Å². The lowest BCUT2D eigenvalue weighted by molar-refractivity contribution is 0.0996. The molecule has 4 aromatic rings. The van der Waals surface area contributed by atoms with Gasteiger partial charge in [0.05, 0.1) is 24.8 Å². The number of thiazole rings is 1. The molecular weight excluding hydrogens is 364 g/mol. The molecule has 0 radical (unpaired) electrons. The second-order valence-electron chi connectivity index (χ2n) is 5.76. The highest BCUT2D eigenvalue weighted by Gasteiger charge is 2.16. The fourth-order valence-corrected chi connectivity index (χ4v) is 3.37. The maximum atomic E-state index is 12.3. The summed E-state index contributed by atoms with van der Waals surface area (Å²) in [5.41, 5.74) is 2.57. The highest BCUT2D eigenvalue weighted by atomic mass is 32.1. The molecule has 0 saturated heterocycles. The maximum absolute atomic E-state index is 12.3. The first-order valence-corrected chi connectivity index (χ1v) is 9.04. The van der Waals surface area contributed by atoms with Crippen molar-refractivity contribution < 1.29 is 13.9 Å². The van der Waals surface area contributed by atoms with E-state index >= 15 is 0 Å². The number of methoxy groups -OCH3 is 1. The van der Waals surface area contributed by atoms with Crippen LogP contribution in [-0.2, 0) is 0 Å². The Hall–Kier alpha value is -3.39. The van der Waals surface area contributed by atoms with Crippen LogP contribution in [-0.4, -0.2) is 27.8 Å². The molecule has 136 valence electrons. The van der Waals surface area contributed by atoms with Crippen LogP contribution in [0.3, 0.4) is 0 Å². The molecule has 0 aliphatic rings. The summed E-state index contributed by atoms with van der Waals surface area (Å²) in [5.74, 6) is 1.22. The van der Waals surface area contributed by atoms with Gasteiger partial charge in [0.1, 0.15) is 11.6 Å². The van der Waals surface area contributed by atoms with Crippen LogP contribution in [0.25, 0.3) is 16.4 Å². The number of furan rings is 1. The number of hydrogen-bond donors (Lipinski definition) is 1. The molecule has 0 unspecified atom stereocenters. The van der Waals surface area contributed by atoms with E-state index in [2.05, 4.69) is 15.4 Å². The molecule has 1 N–H and O–H groups in total. The number of nitrogens with zero attached hydrogens (tertiary/aromatic N) is 3. The van der Waals surface area contributed by atoms with Gasteiger partial charge in [-0.25, -0.2) is 4.98 Å². The Morgan fingerprint density at radius 2 is 2.07 bits per heavy atom. The zero-order chi connectivity index (χ0) is 18.8. The number of carbonyl (C=O) groups is 1. The molecule has 1 aromatic carbocycles. The number of nitrogens with one attached hydrogen (secondary N) is 1. The normalized spacial score (nSPS) is 10.7. The van der Waals surface area contributed by atoms with Crippen molar-refractivity contribution in [1.29, 1.82) is 0 Å². The van der Waals surface area contributed by atoms with Crippen molar-refractivity contribution in [3.63, 3.8) is 0 Å². The number of ether oxygens (including phenoxy) is 1. The first-order valence-electron chi connectivity index (χ1n) is 8.16. The number of hydrogen-bond acceptors (Lipinski definition) is 6. The van der Waals surface area contributed by atoms with Gasteiger partial charge in [0, 0.05) is 17.0 Å². The summed E-state index contributed by atoms with van der Waals surface area (Å²) in [5, 5.41) is 9.87. The molecule has 0 atom stereocenters. The Morgan fingerprint density at radius 3 is 2.78 bits per heavy atom. The van der Waals surface area contributed by atoms with E-state index < -0.39 is 0 Å². The van der Waals surface area contributed by atoms with Crippen LogP contribution in [0.1, 0.15) is 16.2 Å². The number of aromatic nitrogens is 3. The van der Waals surface area contributed by atoms with Crippen molar-refractivity contribution in [2.24, 2.45) is 0 Å². The fourth-order valence-electron chi connectivity index (χ4n) is 2.58. The second-order valence-corrected chi connectivity index (χ2v) is 6.59. The molecule has 1 amide bonds. The summed E-state index contributed by atoms with van der Waals surface area (Å²) in [6.45, 7) is 1.86. The Balaban J connectivity index is 1.62. The van der Waals surface area contributed by atoms with Crippen LogP contribution in [0.2, 0.25) is 0 Å². The Labute approximate surface area is 159 Å². The largest absolute Gasteiger partial charge is 0.497 e. The lowest BCUT2D eigenvalue weighted by Crippen LogP contribution is -2.14. The van der Waals surface area contributed by atoms with Gasteiger partial charge < -0.3 is 14.5 Å². The molecule has 8 heteroatoms. The van der Waals surface area contributed by atoms with Gasteiger partial charge >= 0.3 is 0 Å². The highest BCUT2D eigenvalue weighted by molar-refractivity contribution is 7.12. The third-order valence-corrected chi connectivity index (χ3v) is 4.69. The predicted octanol–water partition coefficient (Wildman–Crippen LogP) is 4.16. The SMILES string of the molecule is COc1ccc(-c2csc(-n3nc(C)cc3NC(=O)c3ccco3)n2)cc1. The summed E-state index contributed by atoms with van der Waals surface area (Å²) in [6, 6.07) is 12.7. The zero-order valence-corrected chi connectivity index (χ0v) is 15.5. The van der Waals surface area contributed by atoms with Crippen LogP contribution in [0.5, 0.6) is 5.75 Å². The molecule has 3 aromatic heterocycles. The first kappa shape index (κ1) is 17.0. The average Bonchev–Trinajstić information content (AvgIpc) is 3.42. The van der Waals surface area contributed by atoms with Crippen molar-refractivity contribution >= 4 is 23.1 Å². The average molecular weight is 380 g/mol. The van der Waals surface area contributed by atoms with Crippen molar-refractivity contribution in [3.05, 3.63) is 65.6 Å². The topological polar surface area (TPSA) is 82.2 Å². The van der Waals surface area contributed by atoms with Gasteiger partial charge in [-0.05, 0) is 43.3 Å². The number of aryl methyl sites for hydroxylation is 1. The molecule has 7 nitrogen and oxygen atoms in total. The van der Waals surface area contributed by atoms with Gasteiger partial charge in [-0.1, -0.05) is 0 Å². The quantitative estimate of drug-likeness (QED) is 0.562. The van der Waals surface area contributed by atoms with Crippen LogP contribution in [0, 0.1) is 6.92 Å².